The van der Waals surface area contributed by atoms with Crippen molar-refractivity contribution < 1.29 is 9.53 Å². The van der Waals surface area contributed by atoms with Crippen LogP contribution in [0.2, 0.25) is 0 Å². The molecule has 4 rings (SSSR count). The van der Waals surface area contributed by atoms with Gasteiger partial charge in [0.25, 0.3) is 0 Å². The van der Waals surface area contributed by atoms with Crippen LogP contribution in [0.15, 0.2) is 59.1 Å². The summed E-state index contributed by atoms with van der Waals surface area (Å²) >= 11 is 3.70. The van der Waals surface area contributed by atoms with E-state index < -0.39 is 0 Å². The van der Waals surface area contributed by atoms with Crippen molar-refractivity contribution in [3.63, 3.8) is 0 Å². The number of rotatable bonds is 4. The van der Waals surface area contributed by atoms with Crippen LogP contribution in [0, 0.1) is 0 Å². The summed E-state index contributed by atoms with van der Waals surface area (Å²) in [6.07, 6.45) is 1.44. The number of hydrogen-bond donors (Lipinski definition) is 1. The Morgan fingerprint density at radius 2 is 1.85 bits per heavy atom. The molecule has 1 amide bonds. The van der Waals surface area contributed by atoms with Gasteiger partial charge in [-0.1, -0.05) is 59.3 Å². The van der Waals surface area contributed by atoms with Crippen molar-refractivity contribution in [1.82, 2.24) is 0 Å². The number of fused-ring (bicyclic) bond motifs is 3. The van der Waals surface area contributed by atoms with E-state index >= 15 is 0 Å². The lowest BCUT2D eigenvalue weighted by Crippen LogP contribution is -2.23. The molecule has 1 unspecified atom stereocenters. The molecule has 0 bridgehead atoms. The third-order valence-corrected chi connectivity index (χ3v) is 5.47. The predicted octanol–water partition coefficient (Wildman–Crippen LogP) is 5.87. The second kappa shape index (κ2) is 7.12. The lowest BCUT2D eigenvalue weighted by Gasteiger charge is -2.28. The number of hydrogen-bond acceptors (Lipinski definition) is 2. The van der Waals surface area contributed by atoms with E-state index in [1.54, 1.807) is 0 Å². The maximum absolute atomic E-state index is 12.4. The van der Waals surface area contributed by atoms with E-state index in [1.165, 1.54) is 0 Å². The van der Waals surface area contributed by atoms with Crippen molar-refractivity contribution in [2.45, 2.75) is 25.7 Å². The van der Waals surface area contributed by atoms with Gasteiger partial charge in [0.15, 0.2) is 0 Å². The van der Waals surface area contributed by atoms with Gasteiger partial charge in [0.2, 0.25) is 5.91 Å². The summed E-state index contributed by atoms with van der Waals surface area (Å²) in [6.45, 7) is 2.81. The Bertz CT molecular complexity index is 966. The Balaban J connectivity index is 1.79. The third-order valence-electron chi connectivity index (χ3n) is 4.81. The summed E-state index contributed by atoms with van der Waals surface area (Å²) in [7, 11) is 0. The summed E-state index contributed by atoms with van der Waals surface area (Å²) in [6, 6.07) is 18.4. The summed E-state index contributed by atoms with van der Waals surface area (Å²) in [5.74, 6) is 0.969. The minimum Gasteiger partial charge on any atom is -0.494 e. The highest BCUT2D eigenvalue weighted by molar-refractivity contribution is 9.10. The van der Waals surface area contributed by atoms with E-state index in [9.17, 15) is 4.79 Å². The van der Waals surface area contributed by atoms with Gasteiger partial charge in [-0.05, 0) is 41.1 Å². The lowest BCUT2D eigenvalue weighted by molar-refractivity contribution is -0.116. The van der Waals surface area contributed by atoms with Crippen LogP contribution < -0.4 is 10.1 Å². The summed E-state index contributed by atoms with van der Waals surface area (Å²) in [5, 5.41) is 5.26. The molecule has 1 atom stereocenters. The average Bonchev–Trinajstić information content (AvgIpc) is 2.67. The van der Waals surface area contributed by atoms with Gasteiger partial charge < -0.3 is 10.1 Å². The molecular formula is C22H20BrNO2. The Labute approximate surface area is 161 Å². The van der Waals surface area contributed by atoms with Gasteiger partial charge in [0.05, 0.1) is 12.3 Å². The van der Waals surface area contributed by atoms with E-state index in [2.05, 4.69) is 58.5 Å². The molecule has 1 aliphatic rings. The predicted molar refractivity (Wildman–Crippen MR) is 109 cm³/mol. The highest BCUT2D eigenvalue weighted by Crippen LogP contribution is 2.43. The van der Waals surface area contributed by atoms with E-state index in [0.29, 0.717) is 13.0 Å². The zero-order valence-electron chi connectivity index (χ0n) is 14.6. The number of ether oxygens (including phenoxy) is 1. The Morgan fingerprint density at radius 3 is 2.58 bits per heavy atom. The van der Waals surface area contributed by atoms with Crippen molar-refractivity contribution in [1.29, 1.82) is 0 Å². The van der Waals surface area contributed by atoms with Crippen molar-refractivity contribution in [3.05, 3.63) is 70.2 Å². The first-order chi connectivity index (χ1) is 12.7. The summed E-state index contributed by atoms with van der Waals surface area (Å²) < 4.78 is 6.73. The Kier molecular flexibility index (Phi) is 4.68. The number of anilines is 1. The van der Waals surface area contributed by atoms with E-state index in [4.69, 9.17) is 4.74 Å². The van der Waals surface area contributed by atoms with Crippen LogP contribution in [0.5, 0.6) is 5.75 Å². The zero-order chi connectivity index (χ0) is 18.1. The second-order valence-electron chi connectivity index (χ2n) is 6.59. The fourth-order valence-electron chi connectivity index (χ4n) is 3.57. The molecule has 0 aromatic heterocycles. The fourth-order valence-corrected chi connectivity index (χ4v) is 4.16. The first-order valence-corrected chi connectivity index (χ1v) is 9.70. The second-order valence-corrected chi connectivity index (χ2v) is 7.44. The van der Waals surface area contributed by atoms with Gasteiger partial charge in [0, 0.05) is 22.2 Å². The molecule has 4 heteroatoms. The molecule has 1 heterocycles. The maximum Gasteiger partial charge on any atom is 0.225 e. The van der Waals surface area contributed by atoms with Crippen LogP contribution in [0.4, 0.5) is 5.69 Å². The fraction of sp³-hybridized carbons (Fsp3) is 0.227. The van der Waals surface area contributed by atoms with Crippen LogP contribution in [0.25, 0.3) is 10.8 Å². The first-order valence-electron chi connectivity index (χ1n) is 8.91. The van der Waals surface area contributed by atoms with Gasteiger partial charge >= 0.3 is 0 Å². The third kappa shape index (κ3) is 3.10. The van der Waals surface area contributed by atoms with Crippen molar-refractivity contribution in [2.24, 2.45) is 0 Å². The van der Waals surface area contributed by atoms with Crippen LogP contribution in [0.1, 0.15) is 36.8 Å². The number of halogens is 1. The SMILES string of the molecule is CCCOc1ccc(C2CC(=O)Nc3c2cc(Br)c2ccccc32)cc1. The molecule has 3 nitrogen and oxygen atoms in total. The standard InChI is InChI=1S/C22H20BrNO2/c1-2-11-26-15-9-7-14(8-10-15)18-13-21(25)24-22-17-6-4-3-5-16(17)20(23)12-19(18)22/h3-10,12,18H,2,11,13H2,1H3,(H,24,25). The first kappa shape index (κ1) is 17.1. The molecule has 1 N–H and O–H groups in total. The van der Waals surface area contributed by atoms with E-state index in [0.717, 1.165) is 44.2 Å². The number of amides is 1. The molecule has 0 saturated carbocycles. The summed E-state index contributed by atoms with van der Waals surface area (Å²) in [4.78, 5) is 12.4. The lowest BCUT2D eigenvalue weighted by atomic mass is 9.83. The van der Waals surface area contributed by atoms with Crippen LogP contribution in [-0.4, -0.2) is 12.5 Å². The van der Waals surface area contributed by atoms with Gasteiger partial charge in [-0.15, -0.1) is 0 Å². The molecule has 0 saturated heterocycles. The van der Waals surface area contributed by atoms with Crippen molar-refractivity contribution >= 4 is 38.3 Å². The minimum absolute atomic E-state index is 0.0416. The van der Waals surface area contributed by atoms with Gasteiger partial charge in [-0.25, -0.2) is 0 Å². The van der Waals surface area contributed by atoms with Crippen LogP contribution in [-0.2, 0) is 4.79 Å². The topological polar surface area (TPSA) is 38.3 Å². The average molecular weight is 410 g/mol. The molecule has 0 radical (unpaired) electrons. The Morgan fingerprint density at radius 1 is 1.12 bits per heavy atom. The molecule has 3 aromatic carbocycles. The largest absolute Gasteiger partial charge is 0.494 e. The van der Waals surface area contributed by atoms with Gasteiger partial charge in [-0.3, -0.25) is 4.79 Å². The maximum atomic E-state index is 12.4. The molecule has 26 heavy (non-hydrogen) atoms. The quantitative estimate of drug-likeness (QED) is 0.585. The van der Waals surface area contributed by atoms with Crippen molar-refractivity contribution in [3.8, 4) is 5.75 Å². The highest BCUT2D eigenvalue weighted by Gasteiger charge is 2.28. The normalized spacial score (nSPS) is 16.2. The molecule has 0 fully saturated rings. The highest BCUT2D eigenvalue weighted by atomic mass is 79.9. The van der Waals surface area contributed by atoms with Crippen LogP contribution >= 0.6 is 15.9 Å². The van der Waals surface area contributed by atoms with Gasteiger partial charge in [-0.2, -0.15) is 0 Å². The summed E-state index contributed by atoms with van der Waals surface area (Å²) in [5.41, 5.74) is 3.21. The number of nitrogens with one attached hydrogen (secondary N) is 1. The molecule has 132 valence electrons. The molecular weight excluding hydrogens is 390 g/mol. The van der Waals surface area contributed by atoms with Crippen LogP contribution in [0.3, 0.4) is 0 Å². The van der Waals surface area contributed by atoms with E-state index in [1.807, 2.05) is 24.3 Å². The smallest absolute Gasteiger partial charge is 0.225 e. The van der Waals surface area contributed by atoms with Crippen molar-refractivity contribution in [2.75, 3.05) is 11.9 Å². The van der Waals surface area contributed by atoms with Gasteiger partial charge in [0.1, 0.15) is 5.75 Å². The zero-order valence-corrected chi connectivity index (χ0v) is 16.2. The molecule has 0 aliphatic carbocycles. The number of benzene rings is 3. The monoisotopic (exact) mass is 409 g/mol. The molecule has 3 aromatic rings. The molecule has 1 aliphatic heterocycles. The number of carbonyl (C=O) groups excluding carboxylic acids is 1. The molecule has 0 spiro atoms. The Hall–Kier alpha value is -2.33. The minimum atomic E-state index is 0.0416. The van der Waals surface area contributed by atoms with E-state index in [-0.39, 0.29) is 11.8 Å². The number of carbonyl (C=O) groups is 1.